The Hall–Kier alpha value is -1.34. The van der Waals surface area contributed by atoms with Crippen molar-refractivity contribution in [1.29, 1.82) is 0 Å². The first kappa shape index (κ1) is 23.1. The third kappa shape index (κ3) is 2.33. The summed E-state index contributed by atoms with van der Waals surface area (Å²) in [5.74, 6) is -1.68. The Morgan fingerprint density at radius 1 is 0.971 bits per heavy atom. The third-order valence-corrected chi connectivity index (χ3v) is 11.5. The summed E-state index contributed by atoms with van der Waals surface area (Å²) in [4.78, 5) is 25.8. The molecule has 2 heterocycles. The molecular weight excluding hydrogens is 432 g/mol. The second-order valence-electron chi connectivity index (χ2n) is 13.0. The van der Waals surface area contributed by atoms with Crippen LogP contribution in [0.4, 0.5) is 0 Å². The van der Waals surface area contributed by atoms with Gasteiger partial charge in [0.05, 0.1) is 11.7 Å². The van der Waals surface area contributed by atoms with Gasteiger partial charge >= 0.3 is 0 Å². The van der Waals surface area contributed by atoms with Crippen molar-refractivity contribution < 1.29 is 29.3 Å². The molecule has 2 aliphatic heterocycles. The van der Waals surface area contributed by atoms with Crippen molar-refractivity contribution in [2.75, 3.05) is 0 Å². The highest BCUT2D eigenvalue weighted by molar-refractivity contribution is 6.00. The number of carbonyl (C=O) groups is 2. The van der Waals surface area contributed by atoms with Crippen LogP contribution in [-0.2, 0) is 19.1 Å². The van der Waals surface area contributed by atoms with Crippen LogP contribution in [0.25, 0.3) is 0 Å². The van der Waals surface area contributed by atoms with Crippen LogP contribution in [0.5, 0.6) is 0 Å². The minimum Gasteiger partial charge on any atom is -0.388 e. The molecule has 0 aromatic carbocycles. The fourth-order valence-electron chi connectivity index (χ4n) is 8.92. The van der Waals surface area contributed by atoms with Gasteiger partial charge in [0, 0.05) is 41.4 Å². The maximum absolute atomic E-state index is 13.5. The van der Waals surface area contributed by atoms with Gasteiger partial charge in [0.25, 0.3) is 0 Å². The van der Waals surface area contributed by atoms with Gasteiger partial charge in [-0.3, -0.25) is 9.59 Å². The van der Waals surface area contributed by atoms with Crippen LogP contribution in [0.15, 0.2) is 23.3 Å². The predicted octanol–water partition coefficient (Wildman–Crippen LogP) is 3.50. The molecule has 0 radical (unpaired) electrons. The van der Waals surface area contributed by atoms with Crippen LogP contribution in [0.2, 0.25) is 0 Å². The zero-order valence-electron chi connectivity index (χ0n) is 21.2. The lowest BCUT2D eigenvalue weighted by molar-refractivity contribution is -0.382. The maximum Gasteiger partial charge on any atom is 0.199 e. The molecule has 0 amide bonds. The van der Waals surface area contributed by atoms with Gasteiger partial charge in [0.2, 0.25) is 0 Å². The SMILES string of the molecule is C[C@H]1[C@@H](O)[C@@]2(OC1(C)C)O[C@]13CCC([C@@H]2C)[C@@]1(C)C(O)C=C1C3=CC(=O)C2CC(=O)CCC12C. The molecule has 6 nitrogen and oxygen atoms in total. The normalized spacial score (nSPS) is 55.4. The third-order valence-electron chi connectivity index (χ3n) is 11.5. The number of hydrogen-bond acceptors (Lipinski definition) is 6. The van der Waals surface area contributed by atoms with Crippen molar-refractivity contribution >= 4 is 11.6 Å². The van der Waals surface area contributed by atoms with Crippen molar-refractivity contribution in [3.05, 3.63) is 23.3 Å². The van der Waals surface area contributed by atoms with Crippen LogP contribution in [0.3, 0.4) is 0 Å². The number of ether oxygens (including phenoxy) is 2. The summed E-state index contributed by atoms with van der Waals surface area (Å²) in [5.41, 5.74) is -0.841. The van der Waals surface area contributed by atoms with E-state index in [1.807, 2.05) is 26.8 Å². The van der Waals surface area contributed by atoms with Crippen LogP contribution >= 0.6 is 0 Å². The zero-order valence-corrected chi connectivity index (χ0v) is 21.2. The molecule has 4 aliphatic carbocycles. The monoisotopic (exact) mass is 470 g/mol. The van der Waals surface area contributed by atoms with Crippen LogP contribution < -0.4 is 0 Å². The molecule has 4 fully saturated rings. The summed E-state index contributed by atoms with van der Waals surface area (Å²) in [6.45, 7) is 12.2. The van der Waals surface area contributed by atoms with Gasteiger partial charge in [-0.25, -0.2) is 0 Å². The average molecular weight is 471 g/mol. The molecule has 4 unspecified atom stereocenters. The van der Waals surface area contributed by atoms with E-state index in [9.17, 15) is 19.8 Å². The summed E-state index contributed by atoms with van der Waals surface area (Å²) in [5, 5.41) is 23.3. The summed E-state index contributed by atoms with van der Waals surface area (Å²) in [6, 6.07) is 0. The first-order valence-electron chi connectivity index (χ1n) is 13.0. The van der Waals surface area contributed by atoms with Gasteiger partial charge in [0.15, 0.2) is 11.6 Å². The number of rotatable bonds is 0. The number of ketones is 2. The minimum atomic E-state index is -1.20. The highest BCUT2D eigenvalue weighted by Gasteiger charge is 2.78. The van der Waals surface area contributed by atoms with E-state index >= 15 is 0 Å². The molecule has 6 heteroatoms. The Labute approximate surface area is 201 Å². The van der Waals surface area contributed by atoms with E-state index in [2.05, 4.69) is 20.8 Å². The Kier molecular flexibility index (Phi) is 4.41. The molecule has 34 heavy (non-hydrogen) atoms. The number of hydrogen-bond donors (Lipinski definition) is 2. The van der Waals surface area contributed by atoms with E-state index in [4.69, 9.17) is 9.47 Å². The molecule has 2 N–H and O–H groups in total. The zero-order chi connectivity index (χ0) is 24.6. The molecular formula is C28H38O6. The predicted molar refractivity (Wildman–Crippen MR) is 125 cm³/mol. The van der Waals surface area contributed by atoms with Crippen molar-refractivity contribution in [2.45, 2.75) is 103 Å². The number of aliphatic hydroxyl groups excluding tert-OH is 2. The van der Waals surface area contributed by atoms with Crippen molar-refractivity contribution in [2.24, 2.45) is 34.5 Å². The first-order valence-corrected chi connectivity index (χ1v) is 13.0. The topological polar surface area (TPSA) is 93.1 Å². The molecule has 186 valence electrons. The average Bonchev–Trinajstić information content (AvgIpc) is 3.10. The van der Waals surface area contributed by atoms with Gasteiger partial charge < -0.3 is 19.7 Å². The van der Waals surface area contributed by atoms with Gasteiger partial charge in [-0.15, -0.1) is 0 Å². The molecule has 1 spiro atoms. The fraction of sp³-hybridized carbons (Fsp3) is 0.786. The van der Waals surface area contributed by atoms with Gasteiger partial charge in [-0.05, 0) is 56.3 Å². The van der Waals surface area contributed by atoms with Crippen LogP contribution in [-0.4, -0.2) is 51.0 Å². The Morgan fingerprint density at radius 3 is 2.32 bits per heavy atom. The molecule has 2 saturated heterocycles. The standard InChI is InChI=1S/C28H38O6/c1-14-17-8-10-27(34-28(14)23(32)15(2)24(3,4)33-28)19-12-21(30)20-11-16(29)7-9-25(20,5)18(19)13-22(31)26(17,27)6/h12-15,17,20,22-23,31-32H,7-11H2,1-6H3/t14-,15-,17?,20?,22?,23+,25?,26-,27-,28-/m0/s1. The van der Waals surface area contributed by atoms with E-state index in [0.717, 1.165) is 17.6 Å². The fourth-order valence-corrected chi connectivity index (χ4v) is 8.92. The van der Waals surface area contributed by atoms with E-state index in [-0.39, 0.29) is 35.7 Å². The number of allylic oxidation sites excluding steroid dienone is 1. The summed E-state index contributed by atoms with van der Waals surface area (Å²) < 4.78 is 13.8. The molecule has 6 rings (SSSR count). The second kappa shape index (κ2) is 6.50. The molecule has 2 saturated carbocycles. The Balaban J connectivity index is 1.56. The van der Waals surface area contributed by atoms with Crippen LogP contribution in [0.1, 0.15) is 73.6 Å². The largest absolute Gasteiger partial charge is 0.388 e. The Bertz CT molecular complexity index is 1060. The van der Waals surface area contributed by atoms with Crippen molar-refractivity contribution in [3.63, 3.8) is 0 Å². The van der Waals surface area contributed by atoms with E-state index in [1.54, 1.807) is 6.08 Å². The van der Waals surface area contributed by atoms with E-state index < -0.39 is 45.9 Å². The molecule has 10 atom stereocenters. The number of carbonyl (C=O) groups excluding carboxylic acids is 2. The van der Waals surface area contributed by atoms with E-state index in [0.29, 0.717) is 19.3 Å². The van der Waals surface area contributed by atoms with Crippen molar-refractivity contribution in [1.82, 2.24) is 0 Å². The number of Topliss-reactive ketones (excluding diaryl/α,β-unsaturated/α-hetero) is 1. The van der Waals surface area contributed by atoms with Crippen LogP contribution in [0, 0.1) is 34.5 Å². The maximum atomic E-state index is 13.5. The lowest BCUT2D eigenvalue weighted by atomic mass is 9.48. The molecule has 0 aromatic rings. The lowest BCUT2D eigenvalue weighted by Gasteiger charge is -2.64. The second-order valence-corrected chi connectivity index (χ2v) is 13.0. The summed E-state index contributed by atoms with van der Waals surface area (Å²) >= 11 is 0. The van der Waals surface area contributed by atoms with E-state index in [1.165, 1.54) is 0 Å². The minimum absolute atomic E-state index is 0.0166. The molecule has 6 aliphatic rings. The smallest absolute Gasteiger partial charge is 0.199 e. The van der Waals surface area contributed by atoms with Gasteiger partial charge in [0.1, 0.15) is 17.5 Å². The quantitative estimate of drug-likeness (QED) is 0.563. The summed E-state index contributed by atoms with van der Waals surface area (Å²) in [6.07, 6.45) is 4.90. The number of fused-ring (bicyclic) bond motifs is 3. The van der Waals surface area contributed by atoms with Gasteiger partial charge in [-0.2, -0.15) is 0 Å². The summed E-state index contributed by atoms with van der Waals surface area (Å²) in [7, 11) is 0. The highest BCUT2D eigenvalue weighted by atomic mass is 16.7. The molecule has 2 bridgehead atoms. The highest BCUT2D eigenvalue weighted by Crippen LogP contribution is 2.73. The Morgan fingerprint density at radius 2 is 1.68 bits per heavy atom. The van der Waals surface area contributed by atoms with Crippen molar-refractivity contribution in [3.8, 4) is 0 Å². The first-order chi connectivity index (χ1) is 15.7. The lowest BCUT2D eigenvalue weighted by Crippen LogP contribution is -2.71. The number of aliphatic hydroxyl groups is 2. The molecule has 0 aromatic heterocycles. The van der Waals surface area contributed by atoms with Gasteiger partial charge in [-0.1, -0.05) is 33.8 Å².